The van der Waals surface area contributed by atoms with Crippen molar-refractivity contribution in [2.24, 2.45) is 0 Å². The van der Waals surface area contributed by atoms with E-state index in [4.69, 9.17) is 0 Å². The molecule has 5 heteroatoms. The fourth-order valence-electron chi connectivity index (χ4n) is 1.89. The van der Waals surface area contributed by atoms with Crippen LogP contribution in [-0.2, 0) is 13.1 Å². The normalized spacial score (nSPS) is 10.5. The van der Waals surface area contributed by atoms with Crippen molar-refractivity contribution in [1.82, 2.24) is 14.9 Å². The fourth-order valence-corrected chi connectivity index (χ4v) is 2.35. The van der Waals surface area contributed by atoms with Gasteiger partial charge in [0, 0.05) is 22.9 Å². The third-order valence-corrected chi connectivity index (χ3v) is 3.25. The van der Waals surface area contributed by atoms with Gasteiger partial charge in [0.1, 0.15) is 5.69 Å². The second kappa shape index (κ2) is 6.02. The molecule has 0 saturated carbocycles. The van der Waals surface area contributed by atoms with Crippen molar-refractivity contribution in [3.8, 4) is 0 Å². The summed E-state index contributed by atoms with van der Waals surface area (Å²) in [6.45, 7) is 5.14. The maximum atomic E-state index is 12.1. The summed E-state index contributed by atoms with van der Waals surface area (Å²) in [5.41, 5.74) is 2.47. The molecular formula is C14H16BrN3O. The number of carbonyl (C=O) groups is 1. The van der Waals surface area contributed by atoms with Crippen molar-refractivity contribution in [3.05, 3.63) is 52.0 Å². The van der Waals surface area contributed by atoms with E-state index in [0.717, 1.165) is 22.4 Å². The van der Waals surface area contributed by atoms with Crippen LogP contribution in [-0.4, -0.2) is 15.5 Å². The molecule has 1 amide bonds. The zero-order chi connectivity index (χ0) is 13.8. The number of aromatic nitrogens is 2. The maximum Gasteiger partial charge on any atom is 0.268 e. The molecule has 100 valence electrons. The fraction of sp³-hybridized carbons (Fsp3) is 0.286. The van der Waals surface area contributed by atoms with Crippen LogP contribution in [0.15, 0.2) is 34.9 Å². The minimum atomic E-state index is -0.0872. The second-order valence-corrected chi connectivity index (χ2v) is 5.20. The highest BCUT2D eigenvalue weighted by Gasteiger charge is 2.11. The highest BCUT2D eigenvalue weighted by molar-refractivity contribution is 9.10. The molecule has 2 heterocycles. The van der Waals surface area contributed by atoms with Crippen LogP contribution in [0.2, 0.25) is 0 Å². The molecule has 0 spiro atoms. The molecular weight excluding hydrogens is 306 g/mol. The molecule has 4 nitrogen and oxygen atoms in total. The molecule has 0 fully saturated rings. The van der Waals surface area contributed by atoms with Crippen LogP contribution in [0.5, 0.6) is 0 Å². The molecule has 19 heavy (non-hydrogen) atoms. The summed E-state index contributed by atoms with van der Waals surface area (Å²) in [6, 6.07) is 7.60. The Morgan fingerprint density at radius 1 is 1.47 bits per heavy atom. The summed E-state index contributed by atoms with van der Waals surface area (Å²) in [4.78, 5) is 16.5. The molecule has 0 saturated heterocycles. The summed E-state index contributed by atoms with van der Waals surface area (Å²) in [5.74, 6) is -0.0872. The van der Waals surface area contributed by atoms with Gasteiger partial charge in [-0.15, -0.1) is 0 Å². The Balaban J connectivity index is 2.05. The Labute approximate surface area is 121 Å². The van der Waals surface area contributed by atoms with Gasteiger partial charge >= 0.3 is 0 Å². The number of carbonyl (C=O) groups excluding carboxylic acids is 1. The SMILES string of the molecule is CCn1cc(Br)cc1C(=O)NCc1cccc(C)n1. The third kappa shape index (κ3) is 3.44. The van der Waals surface area contributed by atoms with E-state index < -0.39 is 0 Å². The molecule has 0 unspecified atom stereocenters. The first-order chi connectivity index (χ1) is 9.10. The summed E-state index contributed by atoms with van der Waals surface area (Å²) < 4.78 is 2.82. The number of aryl methyl sites for hydroxylation is 2. The summed E-state index contributed by atoms with van der Waals surface area (Å²) >= 11 is 3.38. The number of hydrogen-bond donors (Lipinski definition) is 1. The lowest BCUT2D eigenvalue weighted by molar-refractivity contribution is 0.0941. The standard InChI is InChI=1S/C14H16BrN3O/c1-3-18-9-11(15)7-13(18)14(19)16-8-12-6-4-5-10(2)17-12/h4-7,9H,3,8H2,1-2H3,(H,16,19). The van der Waals surface area contributed by atoms with E-state index in [2.05, 4.69) is 26.2 Å². The summed E-state index contributed by atoms with van der Waals surface area (Å²) in [5, 5.41) is 2.89. The Morgan fingerprint density at radius 3 is 2.95 bits per heavy atom. The molecule has 0 radical (unpaired) electrons. The van der Waals surface area contributed by atoms with Crippen LogP contribution in [0.1, 0.15) is 28.8 Å². The number of pyridine rings is 1. The monoisotopic (exact) mass is 321 g/mol. The van der Waals surface area contributed by atoms with E-state index in [-0.39, 0.29) is 5.91 Å². The molecule has 0 aliphatic heterocycles. The van der Waals surface area contributed by atoms with E-state index in [1.54, 1.807) is 0 Å². The number of hydrogen-bond acceptors (Lipinski definition) is 2. The van der Waals surface area contributed by atoms with Gasteiger partial charge in [0.05, 0.1) is 12.2 Å². The van der Waals surface area contributed by atoms with E-state index in [1.807, 2.05) is 48.9 Å². The Hall–Kier alpha value is -1.62. The molecule has 2 rings (SSSR count). The molecule has 2 aromatic heterocycles. The topological polar surface area (TPSA) is 46.9 Å². The average molecular weight is 322 g/mol. The van der Waals surface area contributed by atoms with E-state index >= 15 is 0 Å². The molecule has 0 aromatic carbocycles. The number of halogens is 1. The number of nitrogens with one attached hydrogen (secondary N) is 1. The Bertz CT molecular complexity index is 592. The highest BCUT2D eigenvalue weighted by Crippen LogP contribution is 2.15. The number of nitrogens with zero attached hydrogens (tertiary/aromatic N) is 2. The van der Waals surface area contributed by atoms with Crippen LogP contribution >= 0.6 is 15.9 Å². The van der Waals surface area contributed by atoms with E-state index in [9.17, 15) is 4.79 Å². The van der Waals surface area contributed by atoms with Crippen LogP contribution in [0.3, 0.4) is 0 Å². The van der Waals surface area contributed by atoms with Crippen molar-refractivity contribution < 1.29 is 4.79 Å². The lowest BCUT2D eigenvalue weighted by Gasteiger charge is -2.07. The largest absolute Gasteiger partial charge is 0.345 e. The van der Waals surface area contributed by atoms with Crippen molar-refractivity contribution >= 4 is 21.8 Å². The summed E-state index contributed by atoms with van der Waals surface area (Å²) in [7, 11) is 0. The van der Waals surface area contributed by atoms with Crippen molar-refractivity contribution in [2.75, 3.05) is 0 Å². The van der Waals surface area contributed by atoms with E-state index in [1.165, 1.54) is 0 Å². The quantitative estimate of drug-likeness (QED) is 0.941. The van der Waals surface area contributed by atoms with Gasteiger partial charge in [0.2, 0.25) is 0 Å². The van der Waals surface area contributed by atoms with Gasteiger partial charge in [0.15, 0.2) is 0 Å². The minimum absolute atomic E-state index is 0.0872. The van der Waals surface area contributed by atoms with Crippen molar-refractivity contribution in [3.63, 3.8) is 0 Å². The van der Waals surface area contributed by atoms with Gasteiger partial charge in [0.25, 0.3) is 5.91 Å². The zero-order valence-corrected chi connectivity index (χ0v) is 12.6. The minimum Gasteiger partial charge on any atom is -0.345 e. The Kier molecular flexibility index (Phi) is 4.37. The molecule has 1 N–H and O–H groups in total. The van der Waals surface area contributed by atoms with Gasteiger partial charge in [-0.25, -0.2) is 0 Å². The first-order valence-electron chi connectivity index (χ1n) is 6.16. The van der Waals surface area contributed by atoms with Crippen LogP contribution in [0, 0.1) is 6.92 Å². The second-order valence-electron chi connectivity index (χ2n) is 4.28. The molecule has 0 aliphatic rings. The third-order valence-electron chi connectivity index (χ3n) is 2.81. The van der Waals surface area contributed by atoms with E-state index in [0.29, 0.717) is 12.2 Å². The molecule has 0 aliphatic carbocycles. The average Bonchev–Trinajstić information content (AvgIpc) is 2.77. The number of rotatable bonds is 4. The lowest BCUT2D eigenvalue weighted by atomic mass is 10.3. The zero-order valence-electron chi connectivity index (χ0n) is 11.0. The van der Waals surface area contributed by atoms with Gasteiger partial charge in [-0.2, -0.15) is 0 Å². The van der Waals surface area contributed by atoms with Gasteiger partial charge < -0.3 is 9.88 Å². The highest BCUT2D eigenvalue weighted by atomic mass is 79.9. The smallest absolute Gasteiger partial charge is 0.268 e. The first kappa shape index (κ1) is 13.8. The van der Waals surface area contributed by atoms with Crippen LogP contribution < -0.4 is 5.32 Å². The first-order valence-corrected chi connectivity index (χ1v) is 6.96. The molecule has 0 bridgehead atoms. The van der Waals surface area contributed by atoms with Gasteiger partial charge in [-0.1, -0.05) is 6.07 Å². The van der Waals surface area contributed by atoms with Crippen LogP contribution in [0.4, 0.5) is 0 Å². The van der Waals surface area contributed by atoms with Crippen molar-refractivity contribution in [1.29, 1.82) is 0 Å². The molecule has 2 aromatic rings. The van der Waals surface area contributed by atoms with Crippen molar-refractivity contribution in [2.45, 2.75) is 26.9 Å². The predicted molar refractivity (Wildman–Crippen MR) is 78.0 cm³/mol. The summed E-state index contributed by atoms with van der Waals surface area (Å²) in [6.07, 6.45) is 1.90. The Morgan fingerprint density at radius 2 is 2.26 bits per heavy atom. The predicted octanol–water partition coefficient (Wildman–Crippen LogP) is 2.90. The van der Waals surface area contributed by atoms with Gasteiger partial charge in [-0.05, 0) is 48.0 Å². The van der Waals surface area contributed by atoms with Crippen LogP contribution in [0.25, 0.3) is 0 Å². The van der Waals surface area contributed by atoms with Gasteiger partial charge in [-0.3, -0.25) is 9.78 Å². The number of amides is 1. The molecule has 0 atom stereocenters. The lowest BCUT2D eigenvalue weighted by Crippen LogP contribution is -2.25. The maximum absolute atomic E-state index is 12.1.